The number of aryl methyl sites for hydroxylation is 1. The van der Waals surface area contributed by atoms with Crippen LogP contribution in [0.1, 0.15) is 12.0 Å². The van der Waals surface area contributed by atoms with Crippen molar-refractivity contribution in [3.05, 3.63) is 59.9 Å². The van der Waals surface area contributed by atoms with Gasteiger partial charge in [0.1, 0.15) is 5.82 Å². The highest BCUT2D eigenvalue weighted by atomic mass is 19.1. The first-order valence-electron chi connectivity index (χ1n) is 5.76. The minimum Gasteiger partial charge on any atom is -0.396 e. The molecular formula is C15H15FO. The molecule has 2 aromatic carbocycles. The third-order valence-electron chi connectivity index (χ3n) is 2.76. The maximum atomic E-state index is 13.5. The lowest BCUT2D eigenvalue weighted by molar-refractivity contribution is 0.288. The van der Waals surface area contributed by atoms with E-state index in [4.69, 9.17) is 5.11 Å². The molecule has 0 bridgehead atoms. The molecule has 1 N–H and O–H groups in total. The Morgan fingerprint density at radius 1 is 0.941 bits per heavy atom. The molecule has 0 unspecified atom stereocenters. The quantitative estimate of drug-likeness (QED) is 0.853. The van der Waals surface area contributed by atoms with Crippen LogP contribution in [-0.2, 0) is 6.42 Å². The van der Waals surface area contributed by atoms with Crippen molar-refractivity contribution in [3.8, 4) is 11.1 Å². The van der Waals surface area contributed by atoms with Gasteiger partial charge in [0.2, 0.25) is 0 Å². The van der Waals surface area contributed by atoms with E-state index in [1.54, 1.807) is 12.1 Å². The molecule has 0 aliphatic carbocycles. The summed E-state index contributed by atoms with van der Waals surface area (Å²) in [6, 6.07) is 14.6. The van der Waals surface area contributed by atoms with Gasteiger partial charge in [-0.05, 0) is 30.0 Å². The first-order chi connectivity index (χ1) is 8.31. The van der Waals surface area contributed by atoms with Gasteiger partial charge in [0.15, 0.2) is 0 Å². The molecule has 0 aliphatic heterocycles. The van der Waals surface area contributed by atoms with Gasteiger partial charge in [-0.15, -0.1) is 0 Å². The van der Waals surface area contributed by atoms with Gasteiger partial charge in [-0.1, -0.05) is 42.5 Å². The Morgan fingerprint density at radius 2 is 1.65 bits per heavy atom. The van der Waals surface area contributed by atoms with E-state index in [-0.39, 0.29) is 12.4 Å². The van der Waals surface area contributed by atoms with Crippen molar-refractivity contribution in [3.63, 3.8) is 0 Å². The molecule has 0 spiro atoms. The van der Waals surface area contributed by atoms with Crippen LogP contribution in [0, 0.1) is 5.82 Å². The van der Waals surface area contributed by atoms with Crippen molar-refractivity contribution < 1.29 is 9.50 Å². The number of hydrogen-bond donors (Lipinski definition) is 1. The predicted molar refractivity (Wildman–Crippen MR) is 67.2 cm³/mol. The Morgan fingerprint density at radius 3 is 2.29 bits per heavy atom. The average molecular weight is 230 g/mol. The van der Waals surface area contributed by atoms with Crippen LogP contribution < -0.4 is 0 Å². The van der Waals surface area contributed by atoms with E-state index in [0.29, 0.717) is 5.56 Å². The molecule has 2 aromatic rings. The van der Waals surface area contributed by atoms with Gasteiger partial charge in [0, 0.05) is 12.2 Å². The zero-order valence-corrected chi connectivity index (χ0v) is 9.57. The highest BCUT2D eigenvalue weighted by Crippen LogP contribution is 2.22. The molecule has 0 atom stereocenters. The normalized spacial score (nSPS) is 10.5. The molecule has 0 saturated heterocycles. The van der Waals surface area contributed by atoms with Gasteiger partial charge in [-0.2, -0.15) is 0 Å². The second-order valence-electron chi connectivity index (χ2n) is 4.00. The topological polar surface area (TPSA) is 20.2 Å². The van der Waals surface area contributed by atoms with Crippen molar-refractivity contribution >= 4 is 0 Å². The number of aliphatic hydroxyl groups excluding tert-OH is 1. The monoisotopic (exact) mass is 230 g/mol. The molecule has 0 heterocycles. The average Bonchev–Trinajstić information content (AvgIpc) is 2.38. The third-order valence-corrected chi connectivity index (χ3v) is 2.76. The lowest BCUT2D eigenvalue weighted by atomic mass is 10.0. The summed E-state index contributed by atoms with van der Waals surface area (Å²) >= 11 is 0. The van der Waals surface area contributed by atoms with E-state index in [2.05, 4.69) is 0 Å². The Balaban J connectivity index is 2.21. The fourth-order valence-corrected chi connectivity index (χ4v) is 1.83. The summed E-state index contributed by atoms with van der Waals surface area (Å²) in [6.45, 7) is 0.203. The molecule has 0 radical (unpaired) electrons. The SMILES string of the molecule is OCCCc1ccc(-c2ccccc2F)cc1. The Bertz CT molecular complexity index is 477. The van der Waals surface area contributed by atoms with E-state index in [1.807, 2.05) is 30.3 Å². The zero-order valence-electron chi connectivity index (χ0n) is 9.57. The Hall–Kier alpha value is -1.67. The van der Waals surface area contributed by atoms with Crippen molar-refractivity contribution in [1.82, 2.24) is 0 Å². The molecule has 0 fully saturated rings. The highest BCUT2D eigenvalue weighted by molar-refractivity contribution is 5.64. The van der Waals surface area contributed by atoms with Crippen LogP contribution in [0.25, 0.3) is 11.1 Å². The van der Waals surface area contributed by atoms with Gasteiger partial charge in [-0.3, -0.25) is 0 Å². The van der Waals surface area contributed by atoms with Gasteiger partial charge >= 0.3 is 0 Å². The van der Waals surface area contributed by atoms with Crippen LogP contribution in [-0.4, -0.2) is 11.7 Å². The molecule has 1 nitrogen and oxygen atoms in total. The van der Waals surface area contributed by atoms with Gasteiger partial charge in [0.25, 0.3) is 0 Å². The van der Waals surface area contributed by atoms with E-state index in [0.717, 1.165) is 18.4 Å². The minimum atomic E-state index is -0.199. The lowest BCUT2D eigenvalue weighted by Crippen LogP contribution is -1.90. The second-order valence-corrected chi connectivity index (χ2v) is 4.00. The zero-order chi connectivity index (χ0) is 12.1. The molecule has 2 rings (SSSR count). The summed E-state index contributed by atoms with van der Waals surface area (Å²) < 4.78 is 13.5. The first kappa shape index (κ1) is 11.8. The van der Waals surface area contributed by atoms with Crippen LogP contribution in [0.2, 0.25) is 0 Å². The van der Waals surface area contributed by atoms with E-state index in [1.165, 1.54) is 11.6 Å². The predicted octanol–water partition coefficient (Wildman–Crippen LogP) is 3.42. The molecule has 0 aliphatic rings. The molecule has 17 heavy (non-hydrogen) atoms. The summed E-state index contributed by atoms with van der Waals surface area (Å²) in [4.78, 5) is 0. The second kappa shape index (κ2) is 5.60. The van der Waals surface area contributed by atoms with Crippen molar-refractivity contribution in [2.24, 2.45) is 0 Å². The number of rotatable bonds is 4. The van der Waals surface area contributed by atoms with E-state index in [9.17, 15) is 4.39 Å². The summed E-state index contributed by atoms with van der Waals surface area (Å²) in [7, 11) is 0. The Kier molecular flexibility index (Phi) is 3.89. The largest absolute Gasteiger partial charge is 0.396 e. The molecule has 0 amide bonds. The maximum Gasteiger partial charge on any atom is 0.131 e. The van der Waals surface area contributed by atoms with Crippen LogP contribution in [0.15, 0.2) is 48.5 Å². The fraction of sp³-hybridized carbons (Fsp3) is 0.200. The van der Waals surface area contributed by atoms with Crippen LogP contribution in [0.3, 0.4) is 0 Å². The number of benzene rings is 2. The van der Waals surface area contributed by atoms with E-state index < -0.39 is 0 Å². The van der Waals surface area contributed by atoms with Crippen molar-refractivity contribution in [1.29, 1.82) is 0 Å². The third kappa shape index (κ3) is 2.92. The van der Waals surface area contributed by atoms with Gasteiger partial charge in [0.05, 0.1) is 0 Å². The molecule has 88 valence electrons. The Labute approximate surface area is 101 Å². The number of halogens is 1. The summed E-state index contributed by atoms with van der Waals surface area (Å²) in [5.41, 5.74) is 2.68. The summed E-state index contributed by atoms with van der Waals surface area (Å²) in [5.74, 6) is -0.199. The van der Waals surface area contributed by atoms with Gasteiger partial charge in [-0.25, -0.2) is 4.39 Å². The van der Waals surface area contributed by atoms with Crippen molar-refractivity contribution in [2.45, 2.75) is 12.8 Å². The van der Waals surface area contributed by atoms with Crippen LogP contribution in [0.5, 0.6) is 0 Å². The first-order valence-corrected chi connectivity index (χ1v) is 5.76. The summed E-state index contributed by atoms with van der Waals surface area (Å²) in [5, 5.41) is 8.75. The summed E-state index contributed by atoms with van der Waals surface area (Å²) in [6.07, 6.45) is 1.62. The number of hydrogen-bond acceptors (Lipinski definition) is 1. The molecule has 0 aromatic heterocycles. The van der Waals surface area contributed by atoms with Crippen molar-refractivity contribution in [2.75, 3.05) is 6.61 Å². The van der Waals surface area contributed by atoms with Crippen LogP contribution >= 0.6 is 0 Å². The lowest BCUT2D eigenvalue weighted by Gasteiger charge is -2.05. The van der Waals surface area contributed by atoms with Crippen LogP contribution in [0.4, 0.5) is 4.39 Å². The standard InChI is InChI=1S/C15H15FO/c16-15-6-2-1-5-14(15)13-9-7-12(8-10-13)4-3-11-17/h1-2,5-10,17H,3-4,11H2. The molecule has 0 saturated carbocycles. The highest BCUT2D eigenvalue weighted by Gasteiger charge is 2.03. The fourth-order valence-electron chi connectivity index (χ4n) is 1.83. The number of aliphatic hydroxyl groups is 1. The molecular weight excluding hydrogens is 215 g/mol. The van der Waals surface area contributed by atoms with Gasteiger partial charge < -0.3 is 5.11 Å². The minimum absolute atomic E-state index is 0.199. The smallest absolute Gasteiger partial charge is 0.131 e. The van der Waals surface area contributed by atoms with E-state index >= 15 is 0 Å². The molecule has 2 heteroatoms. The maximum absolute atomic E-state index is 13.5.